The highest BCUT2D eigenvalue weighted by molar-refractivity contribution is 4.76. The number of quaternary nitrogens is 1. The van der Waals surface area contributed by atoms with E-state index in [0.29, 0.717) is 6.04 Å². The van der Waals surface area contributed by atoms with Crippen molar-refractivity contribution < 1.29 is 5.17 Å². The van der Waals surface area contributed by atoms with E-state index in [2.05, 4.69) is 5.43 Å². The van der Waals surface area contributed by atoms with Gasteiger partial charge >= 0.3 is 0 Å². The van der Waals surface area contributed by atoms with Crippen LogP contribution in [0.3, 0.4) is 0 Å². The molecule has 0 bridgehead atoms. The molecule has 42 valence electrons. The van der Waals surface area contributed by atoms with Crippen molar-refractivity contribution in [3.63, 3.8) is 0 Å². The maximum atomic E-state index is 10.2. The summed E-state index contributed by atoms with van der Waals surface area (Å²) < 4.78 is 0. The molecule has 1 rings (SSSR count). The van der Waals surface area contributed by atoms with Crippen molar-refractivity contribution in [1.29, 1.82) is 0 Å². The predicted octanol–water partition coefficient (Wildman–Crippen LogP) is -1.33. The first kappa shape index (κ1) is 5.03. The van der Waals surface area contributed by atoms with Crippen LogP contribution in [-0.2, 0) is 0 Å². The number of hydrogen-bond donors (Lipinski definition) is 2. The Kier molecular flexibility index (Phi) is 1.27. The molecule has 1 fully saturated rings. The summed E-state index contributed by atoms with van der Waals surface area (Å²) in [5, 5.41) is 10.3. The SMILES string of the molecule is C[NH+]([O-])NC1CC1. The third-order valence-electron chi connectivity index (χ3n) is 0.985. The Morgan fingerprint density at radius 3 is 2.43 bits per heavy atom. The zero-order valence-corrected chi connectivity index (χ0v) is 4.40. The quantitative estimate of drug-likeness (QED) is 0.424. The molecule has 1 aliphatic carbocycles. The second-order valence-electron chi connectivity index (χ2n) is 1.97. The summed E-state index contributed by atoms with van der Waals surface area (Å²) in [7, 11) is 1.55. The molecule has 7 heavy (non-hydrogen) atoms. The van der Waals surface area contributed by atoms with Crippen molar-refractivity contribution in [2.75, 3.05) is 7.05 Å². The molecule has 1 saturated carbocycles. The van der Waals surface area contributed by atoms with Crippen LogP contribution in [0.4, 0.5) is 0 Å². The number of nitrogens with one attached hydrogen (secondary N) is 2. The zero-order chi connectivity index (χ0) is 5.28. The molecule has 0 aromatic rings. The van der Waals surface area contributed by atoms with Crippen molar-refractivity contribution in [2.24, 2.45) is 0 Å². The third kappa shape index (κ3) is 1.87. The molecule has 1 unspecified atom stereocenters. The molecule has 0 aromatic carbocycles. The van der Waals surface area contributed by atoms with Crippen LogP contribution in [0.5, 0.6) is 0 Å². The molecule has 0 saturated heterocycles. The van der Waals surface area contributed by atoms with E-state index in [-0.39, 0.29) is 5.17 Å². The van der Waals surface area contributed by atoms with E-state index < -0.39 is 0 Å². The van der Waals surface area contributed by atoms with Crippen LogP contribution in [0.15, 0.2) is 0 Å². The van der Waals surface area contributed by atoms with E-state index in [4.69, 9.17) is 0 Å². The minimum absolute atomic E-state index is 0.0995. The maximum absolute atomic E-state index is 10.2. The molecule has 0 amide bonds. The smallest absolute Gasteiger partial charge is 0.0839 e. The highest BCUT2D eigenvalue weighted by Crippen LogP contribution is 2.16. The summed E-state index contributed by atoms with van der Waals surface area (Å²) in [4.78, 5) is 0. The van der Waals surface area contributed by atoms with Gasteiger partial charge in [0, 0.05) is 0 Å². The van der Waals surface area contributed by atoms with Crippen LogP contribution >= 0.6 is 0 Å². The van der Waals surface area contributed by atoms with Crippen molar-refractivity contribution >= 4 is 0 Å². The van der Waals surface area contributed by atoms with Crippen molar-refractivity contribution in [3.05, 3.63) is 5.21 Å². The Labute approximate surface area is 42.9 Å². The maximum Gasteiger partial charge on any atom is 0.0839 e. The fraction of sp³-hybridized carbons (Fsp3) is 1.00. The fourth-order valence-electron chi connectivity index (χ4n) is 0.515. The molecule has 0 radical (unpaired) electrons. The molecule has 3 heteroatoms. The summed E-state index contributed by atoms with van der Waals surface area (Å²) >= 11 is 0. The molecule has 0 aromatic heterocycles. The number of hydroxylamine groups is 1. The molecule has 1 aliphatic rings. The minimum atomic E-state index is 0.0995. The second kappa shape index (κ2) is 1.78. The highest BCUT2D eigenvalue weighted by atomic mass is 16.5. The topological polar surface area (TPSA) is 39.5 Å². The summed E-state index contributed by atoms with van der Waals surface area (Å²) in [5.74, 6) is 0. The first-order chi connectivity index (χ1) is 3.29. The normalized spacial score (nSPS) is 24.9. The van der Waals surface area contributed by atoms with E-state index in [1.54, 1.807) is 7.05 Å². The summed E-state index contributed by atoms with van der Waals surface area (Å²) in [6, 6.07) is 0.525. The average molecular weight is 102 g/mol. The average Bonchev–Trinajstić information content (AvgIpc) is 2.17. The number of hydrogen-bond acceptors (Lipinski definition) is 2. The Morgan fingerprint density at radius 2 is 2.29 bits per heavy atom. The number of rotatable bonds is 2. The van der Waals surface area contributed by atoms with Gasteiger partial charge in [0.25, 0.3) is 0 Å². The van der Waals surface area contributed by atoms with E-state index in [1.807, 2.05) is 0 Å². The van der Waals surface area contributed by atoms with Crippen LogP contribution < -0.4 is 10.6 Å². The van der Waals surface area contributed by atoms with Crippen LogP contribution in [0, 0.1) is 5.21 Å². The molecule has 3 nitrogen and oxygen atoms in total. The monoisotopic (exact) mass is 102 g/mol. The Balaban J connectivity index is 1.97. The van der Waals surface area contributed by atoms with Gasteiger partial charge in [-0.15, -0.1) is 0 Å². The van der Waals surface area contributed by atoms with E-state index in [0.717, 1.165) is 0 Å². The molecule has 0 aliphatic heterocycles. The lowest BCUT2D eigenvalue weighted by atomic mass is 10.8. The van der Waals surface area contributed by atoms with E-state index in [9.17, 15) is 5.21 Å². The fourth-order valence-corrected chi connectivity index (χ4v) is 0.515. The van der Waals surface area contributed by atoms with Crippen molar-refractivity contribution in [1.82, 2.24) is 5.43 Å². The van der Waals surface area contributed by atoms with Gasteiger partial charge in [-0.05, 0) is 12.8 Å². The van der Waals surface area contributed by atoms with E-state index in [1.165, 1.54) is 12.8 Å². The largest absolute Gasteiger partial charge is 0.613 e. The molecule has 2 N–H and O–H groups in total. The van der Waals surface area contributed by atoms with Crippen LogP contribution in [0.25, 0.3) is 0 Å². The summed E-state index contributed by atoms with van der Waals surface area (Å²) in [6.45, 7) is 0. The molecule has 0 heterocycles. The lowest BCUT2D eigenvalue weighted by molar-refractivity contribution is -0.877. The van der Waals surface area contributed by atoms with Crippen LogP contribution in [0.1, 0.15) is 12.8 Å². The Hall–Kier alpha value is -0.120. The second-order valence-corrected chi connectivity index (χ2v) is 1.97. The first-order valence-corrected chi connectivity index (χ1v) is 2.56. The lowest BCUT2D eigenvalue weighted by Gasteiger charge is -2.14. The van der Waals surface area contributed by atoms with Crippen LogP contribution in [0.2, 0.25) is 0 Å². The van der Waals surface area contributed by atoms with Gasteiger partial charge in [0.2, 0.25) is 0 Å². The van der Waals surface area contributed by atoms with Gasteiger partial charge in [-0.3, -0.25) is 5.17 Å². The Bertz CT molecular complexity index is 60.7. The van der Waals surface area contributed by atoms with Crippen molar-refractivity contribution in [2.45, 2.75) is 18.9 Å². The molecular weight excluding hydrogens is 92.1 g/mol. The third-order valence-corrected chi connectivity index (χ3v) is 0.985. The first-order valence-electron chi connectivity index (χ1n) is 2.56. The lowest BCUT2D eigenvalue weighted by Crippen LogP contribution is -3.11. The van der Waals surface area contributed by atoms with Gasteiger partial charge in [-0.2, -0.15) is 5.43 Å². The summed E-state index contributed by atoms with van der Waals surface area (Å²) in [5.41, 5.74) is 2.78. The van der Waals surface area contributed by atoms with Gasteiger partial charge in [0.05, 0.1) is 13.1 Å². The Morgan fingerprint density at radius 1 is 1.71 bits per heavy atom. The summed E-state index contributed by atoms with van der Waals surface area (Å²) in [6.07, 6.45) is 2.36. The van der Waals surface area contributed by atoms with Crippen molar-refractivity contribution in [3.8, 4) is 0 Å². The van der Waals surface area contributed by atoms with Crippen LogP contribution in [-0.4, -0.2) is 13.1 Å². The minimum Gasteiger partial charge on any atom is -0.613 e. The zero-order valence-electron chi connectivity index (χ0n) is 4.40. The van der Waals surface area contributed by atoms with Gasteiger partial charge < -0.3 is 5.21 Å². The standard InChI is InChI=1S/C4H10N2O/c1-6(7)5-4-2-3-4/h4-6H,2-3H2,1H3. The predicted molar refractivity (Wildman–Crippen MR) is 26.4 cm³/mol. The van der Waals surface area contributed by atoms with Gasteiger partial charge in [-0.1, -0.05) is 0 Å². The molecular formula is C4H10N2O. The molecule has 0 spiro atoms. The highest BCUT2D eigenvalue weighted by Gasteiger charge is 2.22. The van der Waals surface area contributed by atoms with Gasteiger partial charge in [-0.25, -0.2) is 0 Å². The van der Waals surface area contributed by atoms with Gasteiger partial charge in [0.15, 0.2) is 0 Å². The van der Waals surface area contributed by atoms with Gasteiger partial charge in [0.1, 0.15) is 0 Å². The molecule has 1 atom stereocenters. The van der Waals surface area contributed by atoms with E-state index >= 15 is 0 Å².